The number of nitrogens with zero attached hydrogens (tertiary/aromatic N) is 2. The number of imidazole rings is 1. The summed E-state index contributed by atoms with van der Waals surface area (Å²) in [6.07, 6.45) is 3.63. The van der Waals surface area contributed by atoms with Crippen molar-refractivity contribution in [3.05, 3.63) is 53.0 Å². The number of rotatable bonds is 4. The van der Waals surface area contributed by atoms with Crippen molar-refractivity contribution in [2.75, 3.05) is 0 Å². The molecular formula is C13H12FN3O2S2. The Labute approximate surface area is 125 Å². The maximum Gasteiger partial charge on any atom is 0.241 e. The lowest BCUT2D eigenvalue weighted by molar-refractivity contribution is 0.579. The van der Waals surface area contributed by atoms with E-state index in [1.165, 1.54) is 23.5 Å². The Morgan fingerprint density at radius 3 is 2.95 bits per heavy atom. The first-order chi connectivity index (χ1) is 9.95. The molecule has 0 aliphatic rings. The Hall–Kier alpha value is -1.77. The van der Waals surface area contributed by atoms with E-state index in [2.05, 4.69) is 9.71 Å². The van der Waals surface area contributed by atoms with Gasteiger partial charge in [0.05, 0.1) is 17.1 Å². The van der Waals surface area contributed by atoms with Crippen molar-refractivity contribution >= 4 is 26.3 Å². The van der Waals surface area contributed by atoms with E-state index in [0.29, 0.717) is 11.3 Å². The summed E-state index contributed by atoms with van der Waals surface area (Å²) in [5, 5.41) is 1.90. The molecule has 2 heterocycles. The lowest BCUT2D eigenvalue weighted by Gasteiger charge is -2.08. The summed E-state index contributed by atoms with van der Waals surface area (Å²) in [4.78, 5) is 5.18. The molecule has 1 N–H and O–H groups in total. The fourth-order valence-electron chi connectivity index (χ4n) is 2.02. The number of hydrogen-bond donors (Lipinski definition) is 1. The molecule has 0 bridgehead atoms. The third-order valence-electron chi connectivity index (χ3n) is 3.01. The van der Waals surface area contributed by atoms with Gasteiger partial charge in [0.25, 0.3) is 0 Å². The Balaban J connectivity index is 1.81. The van der Waals surface area contributed by atoms with Crippen LogP contribution >= 0.6 is 11.3 Å². The van der Waals surface area contributed by atoms with E-state index < -0.39 is 15.8 Å². The van der Waals surface area contributed by atoms with Crippen LogP contribution in [0.1, 0.15) is 11.3 Å². The average molecular weight is 325 g/mol. The van der Waals surface area contributed by atoms with E-state index in [9.17, 15) is 12.8 Å². The Morgan fingerprint density at radius 2 is 2.24 bits per heavy atom. The van der Waals surface area contributed by atoms with Crippen LogP contribution in [0.5, 0.6) is 0 Å². The second-order valence-corrected chi connectivity index (χ2v) is 7.17. The molecule has 0 amide bonds. The fraction of sp³-hybridized carbons (Fsp3) is 0.154. The van der Waals surface area contributed by atoms with Crippen molar-refractivity contribution in [1.29, 1.82) is 0 Å². The van der Waals surface area contributed by atoms with Gasteiger partial charge in [-0.25, -0.2) is 22.5 Å². The van der Waals surface area contributed by atoms with Gasteiger partial charge >= 0.3 is 0 Å². The van der Waals surface area contributed by atoms with Crippen LogP contribution in [0.4, 0.5) is 4.39 Å². The highest BCUT2D eigenvalue weighted by molar-refractivity contribution is 7.89. The molecule has 0 spiro atoms. The highest BCUT2D eigenvalue weighted by atomic mass is 32.2. The normalized spacial score (nSPS) is 12.1. The van der Waals surface area contributed by atoms with Crippen molar-refractivity contribution in [3.63, 3.8) is 0 Å². The van der Waals surface area contributed by atoms with Gasteiger partial charge in [0.2, 0.25) is 10.0 Å². The fourth-order valence-corrected chi connectivity index (χ4v) is 3.96. The molecule has 21 heavy (non-hydrogen) atoms. The van der Waals surface area contributed by atoms with Gasteiger partial charge in [-0.05, 0) is 30.7 Å². The minimum atomic E-state index is -3.69. The van der Waals surface area contributed by atoms with Crippen LogP contribution in [-0.2, 0) is 16.6 Å². The number of hydrogen-bond acceptors (Lipinski definition) is 4. The second kappa shape index (κ2) is 5.21. The molecule has 0 atom stereocenters. The van der Waals surface area contributed by atoms with E-state index in [-0.39, 0.29) is 11.4 Å². The molecule has 0 unspecified atom stereocenters. The molecule has 3 aromatic rings. The lowest BCUT2D eigenvalue weighted by atomic mass is 10.2. The Kier molecular flexibility index (Phi) is 3.52. The van der Waals surface area contributed by atoms with Crippen LogP contribution in [0.15, 0.2) is 40.9 Å². The van der Waals surface area contributed by atoms with E-state index in [0.717, 1.165) is 11.0 Å². The Bertz CT molecular complexity index is 871. The molecule has 0 fully saturated rings. The van der Waals surface area contributed by atoms with Gasteiger partial charge in [-0.1, -0.05) is 0 Å². The third-order valence-corrected chi connectivity index (χ3v) is 5.35. The summed E-state index contributed by atoms with van der Waals surface area (Å²) >= 11 is 1.47. The van der Waals surface area contributed by atoms with Gasteiger partial charge in [0.15, 0.2) is 4.96 Å². The smallest absolute Gasteiger partial charge is 0.241 e. The van der Waals surface area contributed by atoms with Crippen LogP contribution in [0.2, 0.25) is 0 Å². The van der Waals surface area contributed by atoms with Crippen molar-refractivity contribution in [2.45, 2.75) is 18.4 Å². The first-order valence-corrected chi connectivity index (χ1v) is 8.49. The average Bonchev–Trinajstić information content (AvgIpc) is 2.96. The lowest BCUT2D eigenvalue weighted by Crippen LogP contribution is -2.24. The topological polar surface area (TPSA) is 63.5 Å². The van der Waals surface area contributed by atoms with Crippen LogP contribution in [0.25, 0.3) is 4.96 Å². The number of benzene rings is 1. The van der Waals surface area contributed by atoms with E-state index in [1.807, 2.05) is 16.0 Å². The van der Waals surface area contributed by atoms with Gasteiger partial charge in [-0.3, -0.25) is 4.40 Å². The first-order valence-electron chi connectivity index (χ1n) is 6.12. The number of sulfonamides is 1. The molecule has 8 heteroatoms. The van der Waals surface area contributed by atoms with Crippen molar-refractivity contribution in [1.82, 2.24) is 14.1 Å². The Morgan fingerprint density at radius 1 is 1.43 bits per heavy atom. The predicted molar refractivity (Wildman–Crippen MR) is 78.2 cm³/mol. The highest BCUT2D eigenvalue weighted by Gasteiger charge is 2.17. The maximum absolute atomic E-state index is 13.0. The van der Waals surface area contributed by atoms with E-state index in [4.69, 9.17) is 0 Å². The highest BCUT2D eigenvalue weighted by Crippen LogP contribution is 2.17. The van der Waals surface area contributed by atoms with Gasteiger partial charge in [-0.2, -0.15) is 0 Å². The number of fused-ring (bicyclic) bond motifs is 1. The summed E-state index contributed by atoms with van der Waals surface area (Å²) in [6, 6.07) is 3.59. The molecule has 3 rings (SSSR count). The summed E-state index contributed by atoms with van der Waals surface area (Å²) in [5.74, 6) is -0.458. The first kappa shape index (κ1) is 14.2. The summed E-state index contributed by atoms with van der Waals surface area (Å²) in [5.41, 5.74) is 0.999. The zero-order chi connectivity index (χ0) is 15.0. The zero-order valence-corrected chi connectivity index (χ0v) is 12.7. The third kappa shape index (κ3) is 2.82. The van der Waals surface area contributed by atoms with Crippen LogP contribution in [-0.4, -0.2) is 17.8 Å². The molecule has 0 radical (unpaired) electrons. The number of thiazole rings is 1. The molecule has 0 aliphatic carbocycles. The second-order valence-electron chi connectivity index (χ2n) is 4.56. The van der Waals surface area contributed by atoms with Gasteiger partial charge in [0.1, 0.15) is 5.82 Å². The van der Waals surface area contributed by atoms with Crippen LogP contribution in [0.3, 0.4) is 0 Å². The van der Waals surface area contributed by atoms with E-state index >= 15 is 0 Å². The number of halogens is 1. The number of aryl methyl sites for hydroxylation is 1. The molecule has 0 aliphatic heterocycles. The van der Waals surface area contributed by atoms with E-state index in [1.54, 1.807) is 13.1 Å². The minimum absolute atomic E-state index is 0.0740. The van der Waals surface area contributed by atoms with Gasteiger partial charge < -0.3 is 0 Å². The quantitative estimate of drug-likeness (QED) is 0.801. The molecule has 0 saturated carbocycles. The minimum Gasteiger partial charge on any atom is -0.297 e. The number of aromatic nitrogens is 2. The van der Waals surface area contributed by atoms with Gasteiger partial charge in [-0.15, -0.1) is 11.3 Å². The summed E-state index contributed by atoms with van der Waals surface area (Å²) in [7, 11) is -3.69. The molecular weight excluding hydrogens is 313 g/mol. The molecule has 1 aromatic carbocycles. The number of nitrogens with one attached hydrogen (secondary N) is 1. The van der Waals surface area contributed by atoms with Crippen LogP contribution in [0, 0.1) is 12.7 Å². The zero-order valence-electron chi connectivity index (χ0n) is 11.1. The van der Waals surface area contributed by atoms with Gasteiger partial charge in [0, 0.05) is 17.8 Å². The summed E-state index contributed by atoms with van der Waals surface area (Å²) in [6.45, 7) is 1.65. The van der Waals surface area contributed by atoms with Crippen molar-refractivity contribution in [3.8, 4) is 0 Å². The molecule has 110 valence electrons. The standard InChI is InChI=1S/C13H12FN3O2S2/c1-9-6-10(14)2-3-12(9)21(18,19)15-7-11-8-17-4-5-20-13(17)16-11/h2-6,8,15H,7H2,1H3. The molecule has 2 aromatic heterocycles. The predicted octanol–water partition coefficient (Wildman–Crippen LogP) is 2.32. The van der Waals surface area contributed by atoms with Crippen LogP contribution < -0.4 is 4.72 Å². The summed E-state index contributed by atoms with van der Waals surface area (Å²) < 4.78 is 41.8. The van der Waals surface area contributed by atoms with Crippen molar-refractivity contribution < 1.29 is 12.8 Å². The maximum atomic E-state index is 13.0. The molecule has 5 nitrogen and oxygen atoms in total. The SMILES string of the molecule is Cc1cc(F)ccc1S(=O)(=O)NCc1cn2ccsc2n1. The molecule has 0 saturated heterocycles. The van der Waals surface area contributed by atoms with Crippen molar-refractivity contribution in [2.24, 2.45) is 0 Å². The monoisotopic (exact) mass is 325 g/mol. The largest absolute Gasteiger partial charge is 0.297 e.